The lowest BCUT2D eigenvalue weighted by atomic mass is 10.2. The summed E-state index contributed by atoms with van der Waals surface area (Å²) in [7, 11) is 1.64. The van der Waals surface area contributed by atoms with Gasteiger partial charge in [0, 0.05) is 17.5 Å². The molecule has 0 radical (unpaired) electrons. The number of carbonyl (C=O) groups excluding carboxylic acids is 1. The van der Waals surface area contributed by atoms with E-state index in [9.17, 15) is 4.79 Å². The van der Waals surface area contributed by atoms with Crippen LogP contribution in [0.4, 0.5) is 0 Å². The van der Waals surface area contributed by atoms with Gasteiger partial charge in [0.1, 0.15) is 28.8 Å². The summed E-state index contributed by atoms with van der Waals surface area (Å²) >= 11 is 1.43. The second-order valence-electron chi connectivity index (χ2n) is 7.57. The predicted molar refractivity (Wildman–Crippen MR) is 129 cm³/mol. The predicted octanol–water partition coefficient (Wildman–Crippen LogP) is 5.06. The molecule has 0 saturated carbocycles. The van der Waals surface area contributed by atoms with E-state index in [1.807, 2.05) is 66.7 Å². The highest BCUT2D eigenvalue weighted by Crippen LogP contribution is 2.32. The van der Waals surface area contributed by atoms with E-state index in [4.69, 9.17) is 18.9 Å². The third kappa shape index (κ3) is 4.97. The fraction of sp³-hybridized carbons (Fsp3) is 0.154. The molecule has 1 N–H and O–H groups in total. The van der Waals surface area contributed by atoms with E-state index in [2.05, 4.69) is 10.3 Å². The van der Waals surface area contributed by atoms with Crippen LogP contribution in [0.25, 0.3) is 10.6 Å². The SMILES string of the molecule is COc1cccc(COc2ccc(-c3nc(C(=O)NCc4ccc5c(c4)OCO5)cs3)cc2)c1. The summed E-state index contributed by atoms with van der Waals surface area (Å²) < 4.78 is 21.8. The molecule has 1 amide bonds. The number of benzene rings is 3. The smallest absolute Gasteiger partial charge is 0.271 e. The van der Waals surface area contributed by atoms with Crippen molar-refractivity contribution in [2.45, 2.75) is 13.2 Å². The van der Waals surface area contributed by atoms with Crippen LogP contribution in [0.2, 0.25) is 0 Å². The van der Waals surface area contributed by atoms with Crippen molar-refractivity contribution in [3.63, 3.8) is 0 Å². The molecule has 3 aromatic carbocycles. The lowest BCUT2D eigenvalue weighted by Crippen LogP contribution is -2.23. The van der Waals surface area contributed by atoms with Crippen molar-refractivity contribution in [1.29, 1.82) is 0 Å². The number of rotatable bonds is 8. The number of amides is 1. The molecule has 0 aliphatic carbocycles. The van der Waals surface area contributed by atoms with Crippen molar-refractivity contribution >= 4 is 17.2 Å². The summed E-state index contributed by atoms with van der Waals surface area (Å²) in [6.45, 7) is 1.05. The Morgan fingerprint density at radius 3 is 2.71 bits per heavy atom. The highest BCUT2D eigenvalue weighted by atomic mass is 32.1. The maximum absolute atomic E-state index is 12.6. The Hall–Kier alpha value is -4.04. The van der Waals surface area contributed by atoms with Crippen LogP contribution in [-0.2, 0) is 13.2 Å². The molecule has 0 unspecified atom stereocenters. The van der Waals surface area contributed by atoms with Gasteiger partial charge in [-0.3, -0.25) is 4.79 Å². The van der Waals surface area contributed by atoms with Crippen LogP contribution in [0.15, 0.2) is 72.1 Å². The number of nitrogens with one attached hydrogen (secondary N) is 1. The topological polar surface area (TPSA) is 78.9 Å². The van der Waals surface area contributed by atoms with Crippen molar-refractivity contribution in [3.05, 3.63) is 88.9 Å². The molecule has 1 aliphatic heterocycles. The van der Waals surface area contributed by atoms with Gasteiger partial charge in [-0.2, -0.15) is 0 Å². The number of hydrogen-bond donors (Lipinski definition) is 1. The van der Waals surface area contributed by atoms with Gasteiger partial charge in [0.2, 0.25) is 6.79 Å². The van der Waals surface area contributed by atoms with Gasteiger partial charge in [0.15, 0.2) is 11.5 Å². The van der Waals surface area contributed by atoms with Crippen LogP contribution in [0.1, 0.15) is 21.6 Å². The van der Waals surface area contributed by atoms with E-state index in [1.54, 1.807) is 12.5 Å². The third-order valence-corrected chi connectivity index (χ3v) is 6.16. The minimum Gasteiger partial charge on any atom is -0.497 e. The summed E-state index contributed by atoms with van der Waals surface area (Å²) in [6.07, 6.45) is 0. The second kappa shape index (κ2) is 9.84. The van der Waals surface area contributed by atoms with Gasteiger partial charge in [-0.25, -0.2) is 4.98 Å². The van der Waals surface area contributed by atoms with Crippen molar-refractivity contribution in [2.24, 2.45) is 0 Å². The highest BCUT2D eigenvalue weighted by Gasteiger charge is 2.15. The second-order valence-corrected chi connectivity index (χ2v) is 8.43. The molecule has 1 aromatic heterocycles. The van der Waals surface area contributed by atoms with Crippen LogP contribution in [0, 0.1) is 0 Å². The standard InChI is InChI=1S/C26H22N2O5S/c1-30-21-4-2-3-18(11-21)14-31-20-8-6-19(7-9-20)26-28-22(15-34-26)25(29)27-13-17-5-10-23-24(12-17)33-16-32-23/h2-12,15H,13-14,16H2,1H3,(H,27,29). The number of nitrogens with zero attached hydrogens (tertiary/aromatic N) is 1. The first-order valence-corrected chi connectivity index (χ1v) is 11.5. The molecule has 0 spiro atoms. The monoisotopic (exact) mass is 474 g/mol. The Bertz CT molecular complexity index is 1300. The maximum atomic E-state index is 12.6. The van der Waals surface area contributed by atoms with E-state index in [0.29, 0.717) is 24.6 Å². The maximum Gasteiger partial charge on any atom is 0.271 e. The van der Waals surface area contributed by atoms with Gasteiger partial charge in [-0.1, -0.05) is 18.2 Å². The Balaban J connectivity index is 1.17. The lowest BCUT2D eigenvalue weighted by molar-refractivity contribution is 0.0946. The number of hydrogen-bond acceptors (Lipinski definition) is 7. The summed E-state index contributed by atoms with van der Waals surface area (Å²) in [6, 6.07) is 21.1. The van der Waals surface area contributed by atoms with Crippen LogP contribution < -0.4 is 24.3 Å². The third-order valence-electron chi connectivity index (χ3n) is 5.27. The van der Waals surface area contributed by atoms with E-state index in [0.717, 1.165) is 38.9 Å². The Kier molecular flexibility index (Phi) is 6.31. The number of aromatic nitrogens is 1. The normalized spacial score (nSPS) is 11.8. The lowest BCUT2D eigenvalue weighted by Gasteiger charge is -2.08. The van der Waals surface area contributed by atoms with Crippen molar-refractivity contribution in [1.82, 2.24) is 10.3 Å². The Labute approximate surface area is 200 Å². The molecule has 0 saturated heterocycles. The number of fused-ring (bicyclic) bond motifs is 1. The number of thiazole rings is 1. The zero-order chi connectivity index (χ0) is 23.3. The minimum absolute atomic E-state index is 0.224. The molecule has 4 aromatic rings. The van der Waals surface area contributed by atoms with Crippen molar-refractivity contribution in [2.75, 3.05) is 13.9 Å². The number of carbonyl (C=O) groups is 1. The molecule has 5 rings (SSSR count). The first kappa shape index (κ1) is 21.8. The molecule has 2 heterocycles. The van der Waals surface area contributed by atoms with E-state index in [-0.39, 0.29) is 12.7 Å². The van der Waals surface area contributed by atoms with E-state index < -0.39 is 0 Å². The number of ether oxygens (including phenoxy) is 4. The Morgan fingerprint density at radius 2 is 1.85 bits per heavy atom. The molecule has 1 aliphatic rings. The van der Waals surface area contributed by atoms with Crippen LogP contribution in [-0.4, -0.2) is 24.8 Å². The molecule has 8 heteroatoms. The van der Waals surface area contributed by atoms with Crippen LogP contribution >= 0.6 is 11.3 Å². The average Bonchev–Trinajstić information content (AvgIpc) is 3.56. The molecular formula is C26H22N2O5S. The van der Waals surface area contributed by atoms with Gasteiger partial charge in [-0.05, 0) is 59.7 Å². The van der Waals surface area contributed by atoms with E-state index >= 15 is 0 Å². The average molecular weight is 475 g/mol. The minimum atomic E-state index is -0.224. The molecule has 34 heavy (non-hydrogen) atoms. The molecule has 0 atom stereocenters. The van der Waals surface area contributed by atoms with Gasteiger partial charge in [-0.15, -0.1) is 11.3 Å². The fourth-order valence-electron chi connectivity index (χ4n) is 3.46. The molecule has 0 fully saturated rings. The van der Waals surface area contributed by atoms with Gasteiger partial charge in [0.25, 0.3) is 5.91 Å². The molecular weight excluding hydrogens is 452 g/mol. The quantitative estimate of drug-likeness (QED) is 0.385. The summed E-state index contributed by atoms with van der Waals surface area (Å²) in [4.78, 5) is 17.1. The zero-order valence-electron chi connectivity index (χ0n) is 18.4. The summed E-state index contributed by atoms with van der Waals surface area (Å²) in [5.41, 5.74) is 3.27. The van der Waals surface area contributed by atoms with Crippen molar-refractivity contribution in [3.8, 4) is 33.6 Å². The first-order valence-electron chi connectivity index (χ1n) is 10.7. The van der Waals surface area contributed by atoms with Crippen molar-refractivity contribution < 1.29 is 23.7 Å². The summed E-state index contributed by atoms with van der Waals surface area (Å²) in [5, 5.41) is 5.43. The first-order chi connectivity index (χ1) is 16.7. The molecule has 0 bridgehead atoms. The van der Waals surface area contributed by atoms with Crippen LogP contribution in [0.3, 0.4) is 0 Å². The number of methoxy groups -OCH3 is 1. The molecule has 7 nitrogen and oxygen atoms in total. The van der Waals surface area contributed by atoms with Crippen LogP contribution in [0.5, 0.6) is 23.0 Å². The largest absolute Gasteiger partial charge is 0.497 e. The Morgan fingerprint density at radius 1 is 1.00 bits per heavy atom. The highest BCUT2D eigenvalue weighted by molar-refractivity contribution is 7.13. The van der Waals surface area contributed by atoms with Gasteiger partial charge < -0.3 is 24.3 Å². The van der Waals surface area contributed by atoms with Gasteiger partial charge >= 0.3 is 0 Å². The summed E-state index contributed by atoms with van der Waals surface area (Å²) in [5.74, 6) is 2.74. The molecule has 172 valence electrons. The van der Waals surface area contributed by atoms with Gasteiger partial charge in [0.05, 0.1) is 7.11 Å². The fourth-order valence-corrected chi connectivity index (χ4v) is 4.26. The van der Waals surface area contributed by atoms with E-state index in [1.165, 1.54) is 11.3 Å². The zero-order valence-corrected chi connectivity index (χ0v) is 19.3.